The molecule has 1 aliphatic heterocycles. The lowest BCUT2D eigenvalue weighted by Gasteiger charge is -2.30. The van der Waals surface area contributed by atoms with E-state index in [1.54, 1.807) is 18.2 Å². The molecule has 3 amide bonds. The van der Waals surface area contributed by atoms with Gasteiger partial charge in [0.25, 0.3) is 0 Å². The first-order chi connectivity index (χ1) is 14.1. The van der Waals surface area contributed by atoms with Gasteiger partial charge >= 0.3 is 11.8 Å². The normalized spacial score (nSPS) is 15.4. The first-order valence-corrected chi connectivity index (χ1v) is 10.2. The van der Waals surface area contributed by atoms with Crippen LogP contribution >= 0.6 is 0 Å². The lowest BCUT2D eigenvalue weighted by molar-refractivity contribution is -0.133. The summed E-state index contributed by atoms with van der Waals surface area (Å²) in [6, 6.07) is 12.9. The number of nitrogens with zero attached hydrogens (tertiary/aromatic N) is 1. The number of amides is 3. The molecule has 6 nitrogen and oxygen atoms in total. The number of anilines is 3. The van der Waals surface area contributed by atoms with Crippen LogP contribution in [0.4, 0.5) is 17.1 Å². The summed E-state index contributed by atoms with van der Waals surface area (Å²) in [7, 11) is 0. The largest absolute Gasteiger partial charge is 0.318 e. The van der Waals surface area contributed by atoms with E-state index in [0.717, 1.165) is 48.9 Å². The molecule has 0 spiro atoms. The number of nitrogens with one attached hydrogen (secondary N) is 2. The zero-order valence-corrected chi connectivity index (χ0v) is 16.5. The van der Waals surface area contributed by atoms with E-state index in [2.05, 4.69) is 10.6 Å². The monoisotopic (exact) mass is 391 g/mol. The smallest absolute Gasteiger partial charge is 0.314 e. The molecule has 0 bridgehead atoms. The van der Waals surface area contributed by atoms with Crippen LogP contribution in [0.3, 0.4) is 0 Å². The molecule has 1 fully saturated rings. The van der Waals surface area contributed by atoms with E-state index < -0.39 is 11.8 Å². The Morgan fingerprint density at radius 3 is 2.55 bits per heavy atom. The zero-order valence-electron chi connectivity index (χ0n) is 16.5. The Morgan fingerprint density at radius 2 is 1.79 bits per heavy atom. The number of benzene rings is 2. The number of para-hydroxylation sites is 1. The molecule has 2 aliphatic rings. The van der Waals surface area contributed by atoms with E-state index in [1.807, 2.05) is 36.1 Å². The number of fused-ring (bicyclic) bond motifs is 1. The molecule has 29 heavy (non-hydrogen) atoms. The molecular formula is C23H25N3O3. The van der Waals surface area contributed by atoms with Crippen LogP contribution in [0.5, 0.6) is 0 Å². The average molecular weight is 391 g/mol. The molecular weight excluding hydrogens is 366 g/mol. The van der Waals surface area contributed by atoms with E-state index in [9.17, 15) is 14.4 Å². The van der Waals surface area contributed by atoms with Crippen molar-refractivity contribution in [2.75, 3.05) is 22.1 Å². The van der Waals surface area contributed by atoms with Gasteiger partial charge in [-0.1, -0.05) is 31.2 Å². The van der Waals surface area contributed by atoms with Crippen LogP contribution in [0.1, 0.15) is 37.3 Å². The molecule has 4 rings (SSSR count). The highest BCUT2D eigenvalue weighted by Crippen LogP contribution is 2.36. The van der Waals surface area contributed by atoms with E-state index >= 15 is 0 Å². The molecule has 0 atom stereocenters. The highest BCUT2D eigenvalue weighted by Gasteiger charge is 2.35. The number of carbonyl (C=O) groups is 3. The van der Waals surface area contributed by atoms with Crippen molar-refractivity contribution in [3.63, 3.8) is 0 Å². The van der Waals surface area contributed by atoms with Crippen molar-refractivity contribution >= 4 is 34.8 Å². The van der Waals surface area contributed by atoms with Gasteiger partial charge in [-0.15, -0.1) is 0 Å². The maximum atomic E-state index is 12.6. The van der Waals surface area contributed by atoms with Crippen LogP contribution in [0.15, 0.2) is 42.5 Å². The molecule has 1 heterocycles. The van der Waals surface area contributed by atoms with Gasteiger partial charge in [0.15, 0.2) is 0 Å². The minimum Gasteiger partial charge on any atom is -0.318 e. The molecule has 2 aromatic rings. The minimum absolute atomic E-state index is 0.142. The molecule has 2 aromatic carbocycles. The van der Waals surface area contributed by atoms with Gasteiger partial charge in [0.05, 0.1) is 0 Å². The lowest BCUT2D eigenvalue weighted by Crippen LogP contribution is -2.36. The van der Waals surface area contributed by atoms with Crippen molar-refractivity contribution in [2.45, 2.75) is 39.0 Å². The standard InChI is InChI=1S/C23H25N3O3/c1-2-15-6-3-4-8-19(15)25-22(28)21(27)24-18-12-11-16-7-5-13-26(20(16)14-18)23(29)17-9-10-17/h3-4,6,8,11-12,14,17H,2,5,7,9-10,13H2,1H3,(H,24,27)(H,25,28). The molecule has 0 radical (unpaired) electrons. The number of carbonyl (C=O) groups excluding carboxylic acids is 3. The Labute approximate surface area is 170 Å². The van der Waals surface area contributed by atoms with Gasteiger partial charge in [-0.25, -0.2) is 0 Å². The Bertz CT molecular complexity index is 966. The second kappa shape index (κ2) is 8.07. The van der Waals surface area contributed by atoms with Crippen LogP contribution in [0.2, 0.25) is 0 Å². The van der Waals surface area contributed by atoms with Gasteiger partial charge in [-0.3, -0.25) is 14.4 Å². The first kappa shape index (κ1) is 19.2. The second-order valence-electron chi connectivity index (χ2n) is 7.63. The van der Waals surface area contributed by atoms with Crippen molar-refractivity contribution in [1.82, 2.24) is 0 Å². The molecule has 1 aliphatic carbocycles. The SMILES string of the molecule is CCc1ccccc1NC(=O)C(=O)Nc1ccc2c(c1)N(C(=O)C1CC1)CCC2. The van der Waals surface area contributed by atoms with Crippen LogP contribution in [0, 0.1) is 5.92 Å². The third kappa shape index (κ3) is 4.16. The van der Waals surface area contributed by atoms with Gasteiger partial charge in [0.2, 0.25) is 5.91 Å². The molecule has 150 valence electrons. The number of aryl methyl sites for hydroxylation is 2. The highest BCUT2D eigenvalue weighted by molar-refractivity contribution is 6.43. The summed E-state index contributed by atoms with van der Waals surface area (Å²) in [5.74, 6) is -1.13. The maximum absolute atomic E-state index is 12.6. The van der Waals surface area contributed by atoms with Gasteiger partial charge in [-0.2, -0.15) is 0 Å². The van der Waals surface area contributed by atoms with Crippen molar-refractivity contribution in [2.24, 2.45) is 5.92 Å². The molecule has 6 heteroatoms. The van der Waals surface area contributed by atoms with Gasteiger partial charge in [-0.05, 0) is 61.4 Å². The fraction of sp³-hybridized carbons (Fsp3) is 0.348. The topological polar surface area (TPSA) is 78.5 Å². The van der Waals surface area contributed by atoms with Crippen molar-refractivity contribution in [1.29, 1.82) is 0 Å². The summed E-state index contributed by atoms with van der Waals surface area (Å²) in [5.41, 5.74) is 4.08. The van der Waals surface area contributed by atoms with Gasteiger partial charge in [0.1, 0.15) is 0 Å². The Hall–Kier alpha value is -3.15. The summed E-state index contributed by atoms with van der Waals surface area (Å²) >= 11 is 0. The van der Waals surface area contributed by atoms with Crippen LogP contribution in [-0.4, -0.2) is 24.3 Å². The predicted molar refractivity (Wildman–Crippen MR) is 113 cm³/mol. The van der Waals surface area contributed by atoms with Crippen molar-refractivity contribution < 1.29 is 14.4 Å². The zero-order chi connectivity index (χ0) is 20.4. The summed E-state index contributed by atoms with van der Waals surface area (Å²) in [6.07, 6.45) is 4.53. The van der Waals surface area contributed by atoms with E-state index in [0.29, 0.717) is 17.9 Å². The summed E-state index contributed by atoms with van der Waals surface area (Å²) in [5, 5.41) is 5.34. The average Bonchev–Trinajstić information content (AvgIpc) is 3.58. The molecule has 0 aromatic heterocycles. The lowest BCUT2D eigenvalue weighted by atomic mass is 10.0. The quantitative estimate of drug-likeness (QED) is 0.783. The van der Waals surface area contributed by atoms with Gasteiger partial charge < -0.3 is 15.5 Å². The second-order valence-corrected chi connectivity index (χ2v) is 7.63. The van der Waals surface area contributed by atoms with Crippen LogP contribution in [0.25, 0.3) is 0 Å². The fourth-order valence-electron chi connectivity index (χ4n) is 3.75. The minimum atomic E-state index is -0.730. The number of hydrogen-bond acceptors (Lipinski definition) is 3. The molecule has 0 unspecified atom stereocenters. The van der Waals surface area contributed by atoms with Crippen molar-refractivity contribution in [3.05, 3.63) is 53.6 Å². The van der Waals surface area contributed by atoms with E-state index in [1.165, 1.54) is 0 Å². The van der Waals surface area contributed by atoms with E-state index in [-0.39, 0.29) is 11.8 Å². The maximum Gasteiger partial charge on any atom is 0.314 e. The fourth-order valence-corrected chi connectivity index (χ4v) is 3.75. The number of rotatable bonds is 4. The summed E-state index contributed by atoms with van der Waals surface area (Å²) < 4.78 is 0. The Morgan fingerprint density at radius 1 is 1.03 bits per heavy atom. The van der Waals surface area contributed by atoms with Crippen LogP contribution in [-0.2, 0) is 27.2 Å². The highest BCUT2D eigenvalue weighted by atomic mass is 16.2. The van der Waals surface area contributed by atoms with Gasteiger partial charge in [0, 0.05) is 29.5 Å². The first-order valence-electron chi connectivity index (χ1n) is 10.2. The van der Waals surface area contributed by atoms with Crippen LogP contribution < -0.4 is 15.5 Å². The third-order valence-corrected chi connectivity index (χ3v) is 5.51. The van der Waals surface area contributed by atoms with Crippen molar-refractivity contribution in [3.8, 4) is 0 Å². The molecule has 1 saturated carbocycles. The Balaban J connectivity index is 1.48. The number of hydrogen-bond donors (Lipinski definition) is 2. The summed E-state index contributed by atoms with van der Waals surface area (Å²) in [4.78, 5) is 39.2. The van der Waals surface area contributed by atoms with E-state index in [4.69, 9.17) is 0 Å². The molecule has 2 N–H and O–H groups in total. The Kier molecular flexibility index (Phi) is 5.34. The third-order valence-electron chi connectivity index (χ3n) is 5.51. The predicted octanol–water partition coefficient (Wildman–Crippen LogP) is 3.52. The summed E-state index contributed by atoms with van der Waals surface area (Å²) in [6.45, 7) is 2.70. The molecule has 0 saturated heterocycles.